The van der Waals surface area contributed by atoms with Gasteiger partial charge in [0.2, 0.25) is 10.0 Å². The largest absolute Gasteiger partial charge is 0.496 e. The van der Waals surface area contributed by atoms with Crippen LogP contribution in [0.1, 0.15) is 41.6 Å². The van der Waals surface area contributed by atoms with E-state index in [-0.39, 0.29) is 10.5 Å². The van der Waals surface area contributed by atoms with Crippen molar-refractivity contribution >= 4 is 15.9 Å². The molecule has 2 heterocycles. The van der Waals surface area contributed by atoms with Gasteiger partial charge in [-0.25, -0.2) is 13.4 Å². The van der Waals surface area contributed by atoms with Gasteiger partial charge in [0, 0.05) is 37.7 Å². The first kappa shape index (κ1) is 23.0. The molecule has 0 atom stereocenters. The van der Waals surface area contributed by atoms with Gasteiger partial charge in [0.25, 0.3) is 5.91 Å². The second kappa shape index (κ2) is 10.2. The zero-order chi connectivity index (χ0) is 23.3. The van der Waals surface area contributed by atoms with Crippen LogP contribution in [0.3, 0.4) is 0 Å². The number of sulfonamides is 1. The lowest BCUT2D eigenvalue weighted by atomic mass is 10.1. The summed E-state index contributed by atoms with van der Waals surface area (Å²) in [5.74, 6) is -0.0591. The van der Waals surface area contributed by atoms with Crippen molar-refractivity contribution < 1.29 is 17.9 Å². The number of carbonyl (C=O) groups excluding carboxylic acids is 1. The molecule has 3 aromatic rings. The van der Waals surface area contributed by atoms with Gasteiger partial charge in [-0.05, 0) is 48.7 Å². The molecule has 1 fully saturated rings. The fourth-order valence-corrected chi connectivity index (χ4v) is 5.48. The van der Waals surface area contributed by atoms with E-state index >= 15 is 0 Å². The molecule has 1 aromatic heterocycles. The summed E-state index contributed by atoms with van der Waals surface area (Å²) in [6.45, 7) is 1.31. The first-order valence-corrected chi connectivity index (χ1v) is 12.5. The van der Waals surface area contributed by atoms with Crippen molar-refractivity contribution in [1.29, 1.82) is 0 Å². The molecule has 174 valence electrons. The van der Waals surface area contributed by atoms with E-state index in [0.29, 0.717) is 25.4 Å². The predicted octanol–water partition coefficient (Wildman–Crippen LogP) is 3.38. The van der Waals surface area contributed by atoms with Crippen LogP contribution in [0.5, 0.6) is 5.75 Å². The smallest absolute Gasteiger partial charge is 0.255 e. The summed E-state index contributed by atoms with van der Waals surface area (Å²) in [6.07, 6.45) is 9.05. The van der Waals surface area contributed by atoms with Gasteiger partial charge in [-0.2, -0.15) is 4.31 Å². The Labute approximate surface area is 194 Å². The molecule has 1 aliphatic rings. The Balaban J connectivity index is 1.49. The molecule has 0 bridgehead atoms. The number of ether oxygens (including phenoxy) is 1. The highest BCUT2D eigenvalue weighted by Crippen LogP contribution is 2.26. The molecule has 1 N–H and O–H groups in total. The lowest BCUT2D eigenvalue weighted by Gasteiger charge is -2.20. The number of imidazole rings is 1. The second-order valence-corrected chi connectivity index (χ2v) is 9.94. The van der Waals surface area contributed by atoms with Crippen LogP contribution in [0.15, 0.2) is 66.1 Å². The number of hydrogen-bond donors (Lipinski definition) is 1. The van der Waals surface area contributed by atoms with E-state index in [1.165, 1.54) is 23.5 Å². The molecule has 1 saturated heterocycles. The number of rotatable bonds is 7. The number of hydrogen-bond acceptors (Lipinski definition) is 5. The number of methoxy groups -OCH3 is 1. The molecule has 0 radical (unpaired) electrons. The molecule has 0 saturated carbocycles. The SMILES string of the molecule is COc1ccc(S(=O)(=O)N2CCCCCC2)cc1C(=O)NCc1ccc(-n2ccnc2)cc1. The average Bonchev–Trinajstić information content (AvgIpc) is 3.24. The minimum absolute atomic E-state index is 0.111. The Hall–Kier alpha value is -3.17. The van der Waals surface area contributed by atoms with Crippen molar-refractivity contribution in [3.8, 4) is 11.4 Å². The number of amides is 1. The minimum Gasteiger partial charge on any atom is -0.496 e. The van der Waals surface area contributed by atoms with Crippen LogP contribution in [0.2, 0.25) is 0 Å². The first-order valence-electron chi connectivity index (χ1n) is 11.0. The average molecular weight is 469 g/mol. The predicted molar refractivity (Wildman–Crippen MR) is 125 cm³/mol. The van der Waals surface area contributed by atoms with E-state index < -0.39 is 15.9 Å². The number of nitrogens with one attached hydrogen (secondary N) is 1. The maximum Gasteiger partial charge on any atom is 0.255 e. The van der Waals surface area contributed by atoms with Crippen LogP contribution >= 0.6 is 0 Å². The Morgan fingerprint density at radius 2 is 1.79 bits per heavy atom. The topological polar surface area (TPSA) is 93.5 Å². The van der Waals surface area contributed by atoms with E-state index in [4.69, 9.17) is 4.74 Å². The highest BCUT2D eigenvalue weighted by Gasteiger charge is 2.27. The van der Waals surface area contributed by atoms with Crippen molar-refractivity contribution in [3.63, 3.8) is 0 Å². The lowest BCUT2D eigenvalue weighted by Crippen LogP contribution is -2.32. The number of benzene rings is 2. The molecule has 4 rings (SSSR count). The third-order valence-corrected chi connectivity index (χ3v) is 7.70. The molecular formula is C24H28N4O4S. The third kappa shape index (κ3) is 5.26. The number of carbonyl (C=O) groups is 1. The van der Waals surface area contributed by atoms with Crippen molar-refractivity contribution in [2.24, 2.45) is 0 Å². The van der Waals surface area contributed by atoms with Gasteiger partial charge in [-0.3, -0.25) is 4.79 Å². The van der Waals surface area contributed by atoms with Crippen molar-refractivity contribution in [1.82, 2.24) is 19.2 Å². The van der Waals surface area contributed by atoms with Crippen molar-refractivity contribution in [2.45, 2.75) is 37.1 Å². The van der Waals surface area contributed by atoms with Crippen molar-refractivity contribution in [2.75, 3.05) is 20.2 Å². The maximum atomic E-state index is 13.2. The van der Waals surface area contributed by atoms with E-state index in [1.54, 1.807) is 18.6 Å². The molecule has 0 unspecified atom stereocenters. The molecule has 1 amide bonds. The molecule has 1 aliphatic heterocycles. The van der Waals surface area contributed by atoms with E-state index in [0.717, 1.165) is 36.9 Å². The van der Waals surface area contributed by atoms with Crippen LogP contribution in [0, 0.1) is 0 Å². The molecule has 0 spiro atoms. The zero-order valence-corrected chi connectivity index (χ0v) is 19.4. The van der Waals surface area contributed by atoms with E-state index in [9.17, 15) is 13.2 Å². The summed E-state index contributed by atoms with van der Waals surface area (Å²) in [7, 11) is -2.21. The van der Waals surface area contributed by atoms with Crippen LogP contribution in [0.4, 0.5) is 0 Å². The molecule has 0 aliphatic carbocycles. The van der Waals surface area contributed by atoms with Gasteiger partial charge in [0.05, 0.1) is 23.9 Å². The fourth-order valence-electron chi connectivity index (χ4n) is 3.93. The Morgan fingerprint density at radius 3 is 2.42 bits per heavy atom. The molecular weight excluding hydrogens is 440 g/mol. The Morgan fingerprint density at radius 1 is 1.06 bits per heavy atom. The molecule has 2 aromatic carbocycles. The normalized spacial score (nSPS) is 15.1. The third-order valence-electron chi connectivity index (χ3n) is 5.81. The monoisotopic (exact) mass is 468 g/mol. The summed E-state index contributed by atoms with van der Waals surface area (Å²) < 4.78 is 35.1. The quantitative estimate of drug-likeness (QED) is 0.574. The Kier molecular flexibility index (Phi) is 7.10. The van der Waals surface area contributed by atoms with E-state index in [2.05, 4.69) is 10.3 Å². The molecule has 8 nitrogen and oxygen atoms in total. The second-order valence-electron chi connectivity index (χ2n) is 8.00. The summed E-state index contributed by atoms with van der Waals surface area (Å²) in [4.78, 5) is 17.1. The van der Waals surface area contributed by atoms with Gasteiger partial charge >= 0.3 is 0 Å². The molecule has 33 heavy (non-hydrogen) atoms. The zero-order valence-electron chi connectivity index (χ0n) is 18.6. The summed E-state index contributed by atoms with van der Waals surface area (Å²) in [5.41, 5.74) is 2.08. The highest BCUT2D eigenvalue weighted by molar-refractivity contribution is 7.89. The van der Waals surface area contributed by atoms with Gasteiger partial charge in [0.1, 0.15) is 5.75 Å². The van der Waals surface area contributed by atoms with Crippen LogP contribution in [-0.4, -0.2) is 48.4 Å². The van der Waals surface area contributed by atoms with Crippen LogP contribution in [0.25, 0.3) is 5.69 Å². The first-order chi connectivity index (χ1) is 16.0. The molecule has 9 heteroatoms. The van der Waals surface area contributed by atoms with Gasteiger partial charge in [0.15, 0.2) is 0 Å². The summed E-state index contributed by atoms with van der Waals surface area (Å²) >= 11 is 0. The number of aromatic nitrogens is 2. The highest BCUT2D eigenvalue weighted by atomic mass is 32.2. The van der Waals surface area contributed by atoms with Gasteiger partial charge in [-0.1, -0.05) is 25.0 Å². The van der Waals surface area contributed by atoms with Gasteiger partial charge < -0.3 is 14.6 Å². The summed E-state index contributed by atoms with van der Waals surface area (Å²) in [6, 6.07) is 12.2. The fraction of sp³-hybridized carbons (Fsp3) is 0.333. The minimum atomic E-state index is -3.67. The maximum absolute atomic E-state index is 13.2. The van der Waals surface area contributed by atoms with Gasteiger partial charge in [-0.15, -0.1) is 0 Å². The summed E-state index contributed by atoms with van der Waals surface area (Å²) in [5, 5.41) is 2.87. The van der Waals surface area contributed by atoms with Crippen LogP contribution < -0.4 is 10.1 Å². The van der Waals surface area contributed by atoms with E-state index in [1.807, 2.05) is 35.0 Å². The Bertz CT molecular complexity index is 1180. The lowest BCUT2D eigenvalue weighted by molar-refractivity contribution is 0.0947. The number of nitrogens with zero attached hydrogens (tertiary/aromatic N) is 3. The van der Waals surface area contributed by atoms with Crippen LogP contribution in [-0.2, 0) is 16.6 Å². The standard InChI is InChI=1S/C24H28N4O4S/c1-32-23-11-10-21(33(30,31)28-13-4-2-3-5-14-28)16-22(23)24(29)26-17-19-6-8-20(9-7-19)27-15-12-25-18-27/h6-12,15-16,18H,2-5,13-14,17H2,1H3,(H,26,29). The van der Waals surface area contributed by atoms with Crippen molar-refractivity contribution in [3.05, 3.63) is 72.3 Å².